The van der Waals surface area contributed by atoms with Crippen LogP contribution in [0.15, 0.2) is 24.3 Å². The molecule has 4 atom stereocenters. The quantitative estimate of drug-likeness (QED) is 0.808. The fraction of sp³-hybridized carbons (Fsp3) is 0.682. The highest BCUT2D eigenvalue weighted by Crippen LogP contribution is 2.39. The normalized spacial score (nSPS) is 30.7. The molecule has 0 radical (unpaired) electrons. The van der Waals surface area contributed by atoms with Gasteiger partial charge in [0, 0.05) is 19.5 Å². The summed E-state index contributed by atoms with van der Waals surface area (Å²) in [5.74, 6) is 2.94. The van der Waals surface area contributed by atoms with Crippen LogP contribution < -0.4 is 14.8 Å². The van der Waals surface area contributed by atoms with Crippen LogP contribution in [-0.2, 0) is 4.79 Å². The Bertz CT molecular complexity index is 676. The van der Waals surface area contributed by atoms with Crippen molar-refractivity contribution < 1.29 is 19.4 Å². The summed E-state index contributed by atoms with van der Waals surface area (Å²) in [5.41, 5.74) is 0. The average Bonchev–Trinajstić information content (AvgIpc) is 3.12. The fourth-order valence-electron chi connectivity index (χ4n) is 5.06. The van der Waals surface area contributed by atoms with E-state index in [-0.39, 0.29) is 12.0 Å². The van der Waals surface area contributed by atoms with Crippen LogP contribution in [0.5, 0.6) is 11.5 Å². The van der Waals surface area contributed by atoms with Gasteiger partial charge in [0.25, 0.3) is 0 Å². The van der Waals surface area contributed by atoms with E-state index < -0.39 is 6.10 Å². The molecule has 0 bridgehead atoms. The number of likely N-dealkylation sites (tertiary alicyclic amines) is 1. The van der Waals surface area contributed by atoms with Gasteiger partial charge >= 0.3 is 0 Å². The minimum Gasteiger partial charge on any atom is -0.493 e. The molecule has 2 heterocycles. The van der Waals surface area contributed by atoms with E-state index >= 15 is 0 Å². The zero-order valence-electron chi connectivity index (χ0n) is 16.7. The van der Waals surface area contributed by atoms with Crippen LogP contribution in [0, 0.1) is 17.8 Å². The van der Waals surface area contributed by atoms with E-state index in [1.165, 1.54) is 0 Å². The smallest absolute Gasteiger partial charge is 0.222 e. The van der Waals surface area contributed by atoms with Crippen LogP contribution in [0.2, 0.25) is 0 Å². The number of methoxy groups -OCH3 is 1. The van der Waals surface area contributed by atoms with Crippen LogP contribution in [0.3, 0.4) is 0 Å². The highest BCUT2D eigenvalue weighted by molar-refractivity contribution is 5.76. The van der Waals surface area contributed by atoms with Crippen LogP contribution >= 0.6 is 0 Å². The second kappa shape index (κ2) is 8.70. The highest BCUT2D eigenvalue weighted by atomic mass is 16.5. The maximum atomic E-state index is 12.8. The Kier molecular flexibility index (Phi) is 6.07. The summed E-state index contributed by atoms with van der Waals surface area (Å²) in [6.45, 7) is 3.63. The molecule has 1 amide bonds. The molecule has 0 spiro atoms. The summed E-state index contributed by atoms with van der Waals surface area (Å²) in [5, 5.41) is 14.0. The summed E-state index contributed by atoms with van der Waals surface area (Å²) >= 11 is 0. The Morgan fingerprint density at radius 3 is 2.54 bits per heavy atom. The van der Waals surface area contributed by atoms with Crippen LogP contribution in [0.4, 0.5) is 0 Å². The molecule has 154 valence electrons. The van der Waals surface area contributed by atoms with Crippen molar-refractivity contribution in [1.29, 1.82) is 0 Å². The molecule has 0 aromatic heterocycles. The number of rotatable bonds is 5. The third-order valence-electron chi connectivity index (χ3n) is 6.71. The SMILES string of the molecule is COc1ccccc1O[C@@H]1C[C@@H]2CN(C(=O)CC3CCNCC3)C[C@@H]2C[C@H]1O. The molecule has 2 aliphatic heterocycles. The molecule has 6 nitrogen and oxygen atoms in total. The van der Waals surface area contributed by atoms with Crippen LogP contribution in [0.25, 0.3) is 0 Å². The Balaban J connectivity index is 1.35. The predicted molar refractivity (Wildman–Crippen MR) is 106 cm³/mol. The average molecular weight is 389 g/mol. The Morgan fingerprint density at radius 2 is 1.82 bits per heavy atom. The largest absolute Gasteiger partial charge is 0.493 e. The van der Waals surface area contributed by atoms with E-state index in [9.17, 15) is 9.90 Å². The van der Waals surface area contributed by atoms with Crippen molar-refractivity contribution in [3.05, 3.63) is 24.3 Å². The first-order chi connectivity index (χ1) is 13.6. The van der Waals surface area contributed by atoms with Gasteiger partial charge in [0.1, 0.15) is 6.10 Å². The van der Waals surface area contributed by atoms with Gasteiger partial charge in [-0.25, -0.2) is 0 Å². The molecule has 1 aromatic rings. The van der Waals surface area contributed by atoms with Crippen molar-refractivity contribution in [2.45, 2.75) is 44.3 Å². The highest BCUT2D eigenvalue weighted by Gasteiger charge is 2.44. The molecule has 4 rings (SSSR count). The number of ether oxygens (including phenoxy) is 2. The number of fused-ring (bicyclic) bond motifs is 1. The Hall–Kier alpha value is -1.79. The Morgan fingerprint density at radius 1 is 1.14 bits per heavy atom. The van der Waals surface area contributed by atoms with E-state index in [2.05, 4.69) is 5.32 Å². The molecule has 2 N–H and O–H groups in total. The zero-order chi connectivity index (χ0) is 19.5. The van der Waals surface area contributed by atoms with Gasteiger partial charge in [-0.05, 0) is 68.7 Å². The maximum absolute atomic E-state index is 12.8. The molecule has 3 fully saturated rings. The molecule has 1 aromatic carbocycles. The number of amides is 1. The maximum Gasteiger partial charge on any atom is 0.222 e. The number of carbonyl (C=O) groups excluding carboxylic acids is 1. The minimum atomic E-state index is -0.509. The van der Waals surface area contributed by atoms with Crippen molar-refractivity contribution in [1.82, 2.24) is 10.2 Å². The van der Waals surface area contributed by atoms with Crippen molar-refractivity contribution in [2.75, 3.05) is 33.3 Å². The van der Waals surface area contributed by atoms with E-state index in [0.717, 1.165) is 45.4 Å². The number of aliphatic hydroxyl groups is 1. The number of para-hydroxylation sites is 2. The lowest BCUT2D eigenvalue weighted by Gasteiger charge is -2.35. The lowest BCUT2D eigenvalue weighted by Crippen LogP contribution is -2.42. The summed E-state index contributed by atoms with van der Waals surface area (Å²) in [6.07, 6.45) is 3.58. The van der Waals surface area contributed by atoms with Crippen LogP contribution in [0.1, 0.15) is 32.1 Å². The van der Waals surface area contributed by atoms with Gasteiger partial charge in [-0.1, -0.05) is 12.1 Å². The number of hydrogen-bond acceptors (Lipinski definition) is 5. The number of nitrogens with zero attached hydrogens (tertiary/aromatic N) is 1. The lowest BCUT2D eigenvalue weighted by molar-refractivity contribution is -0.131. The third-order valence-corrected chi connectivity index (χ3v) is 6.71. The molecule has 28 heavy (non-hydrogen) atoms. The van der Waals surface area contributed by atoms with Gasteiger partial charge in [-0.15, -0.1) is 0 Å². The standard InChI is InChI=1S/C22H32N2O4/c1-27-19-4-2-3-5-20(19)28-21-12-17-14-24(13-16(17)11-18(21)25)22(26)10-15-6-8-23-9-7-15/h2-5,15-18,21,23,25H,6-14H2,1H3/t16-,17+,18+,21+/m0/s1. The van der Waals surface area contributed by atoms with Gasteiger partial charge in [-0.2, -0.15) is 0 Å². The van der Waals surface area contributed by atoms with E-state index in [4.69, 9.17) is 9.47 Å². The van der Waals surface area contributed by atoms with Gasteiger partial charge in [0.05, 0.1) is 13.2 Å². The van der Waals surface area contributed by atoms with Crippen molar-refractivity contribution in [3.63, 3.8) is 0 Å². The predicted octanol–water partition coefficient (Wildman–Crippen LogP) is 2.06. The summed E-state index contributed by atoms with van der Waals surface area (Å²) in [6, 6.07) is 7.56. The van der Waals surface area contributed by atoms with Crippen molar-refractivity contribution in [2.24, 2.45) is 17.8 Å². The van der Waals surface area contributed by atoms with E-state index in [1.54, 1.807) is 7.11 Å². The van der Waals surface area contributed by atoms with E-state index in [1.807, 2.05) is 29.2 Å². The summed E-state index contributed by atoms with van der Waals surface area (Å²) in [7, 11) is 1.62. The number of carbonyl (C=O) groups is 1. The van der Waals surface area contributed by atoms with E-state index in [0.29, 0.717) is 42.1 Å². The monoisotopic (exact) mass is 388 g/mol. The molecule has 3 aliphatic rings. The molecule has 0 unspecified atom stereocenters. The van der Waals surface area contributed by atoms with Crippen LogP contribution in [-0.4, -0.2) is 61.4 Å². The molecule has 6 heteroatoms. The van der Waals surface area contributed by atoms with Crippen molar-refractivity contribution >= 4 is 5.91 Å². The minimum absolute atomic E-state index is 0.253. The number of aliphatic hydroxyl groups excluding tert-OH is 1. The lowest BCUT2D eigenvalue weighted by atomic mass is 9.78. The van der Waals surface area contributed by atoms with Gasteiger partial charge in [0.15, 0.2) is 11.5 Å². The molecular formula is C22H32N2O4. The first-order valence-electron chi connectivity index (χ1n) is 10.6. The first-order valence-corrected chi connectivity index (χ1v) is 10.6. The Labute approximate surface area is 167 Å². The molecule has 1 saturated carbocycles. The van der Waals surface area contributed by atoms with Gasteiger partial charge in [-0.3, -0.25) is 4.79 Å². The molecule has 2 saturated heterocycles. The zero-order valence-corrected chi connectivity index (χ0v) is 16.7. The summed E-state index contributed by atoms with van der Waals surface area (Å²) < 4.78 is 11.5. The second-order valence-corrected chi connectivity index (χ2v) is 8.56. The third kappa shape index (κ3) is 4.28. The number of nitrogens with one attached hydrogen (secondary N) is 1. The topological polar surface area (TPSA) is 71.0 Å². The van der Waals surface area contributed by atoms with Gasteiger partial charge in [0.2, 0.25) is 5.91 Å². The number of piperidine rings is 1. The fourth-order valence-corrected chi connectivity index (χ4v) is 5.06. The molecular weight excluding hydrogens is 356 g/mol. The molecule has 1 aliphatic carbocycles. The van der Waals surface area contributed by atoms with Crippen molar-refractivity contribution in [3.8, 4) is 11.5 Å². The van der Waals surface area contributed by atoms with Gasteiger partial charge < -0.3 is 24.8 Å². The number of hydrogen-bond donors (Lipinski definition) is 2. The number of benzene rings is 1. The first kappa shape index (κ1) is 19.5. The summed E-state index contributed by atoms with van der Waals surface area (Å²) in [4.78, 5) is 14.8. The second-order valence-electron chi connectivity index (χ2n) is 8.56.